The number of anilines is 1. The third-order valence-corrected chi connectivity index (χ3v) is 6.03. The molecule has 3 unspecified atom stereocenters. The Labute approximate surface area is 144 Å². The molecule has 0 spiro atoms. The van der Waals surface area contributed by atoms with Gasteiger partial charge in [-0.1, -0.05) is 12.2 Å². The minimum atomic E-state index is -0.293. The molecule has 24 heavy (non-hydrogen) atoms. The van der Waals surface area contributed by atoms with Gasteiger partial charge in [0, 0.05) is 21.7 Å². The van der Waals surface area contributed by atoms with E-state index in [-0.39, 0.29) is 22.6 Å². The fraction of sp³-hybridized carbons (Fsp3) is 0.333. The first-order chi connectivity index (χ1) is 11.6. The zero-order valence-corrected chi connectivity index (χ0v) is 14.3. The van der Waals surface area contributed by atoms with Crippen LogP contribution in [0.1, 0.15) is 33.7 Å². The number of fused-ring (bicyclic) bond motifs is 3. The Morgan fingerprint density at radius 2 is 2.17 bits per heavy atom. The van der Waals surface area contributed by atoms with Crippen molar-refractivity contribution < 1.29 is 9.66 Å². The summed E-state index contributed by atoms with van der Waals surface area (Å²) in [6.45, 7) is 2.10. The molecule has 1 aliphatic carbocycles. The van der Waals surface area contributed by atoms with Crippen molar-refractivity contribution in [2.45, 2.75) is 25.3 Å². The number of ether oxygens (including phenoxy) is 1. The maximum atomic E-state index is 11.5. The Morgan fingerprint density at radius 3 is 2.83 bits per heavy atom. The minimum absolute atomic E-state index is 0.0455. The molecular weight excluding hydrogens is 324 g/mol. The lowest BCUT2D eigenvalue weighted by molar-refractivity contribution is -0.385. The van der Waals surface area contributed by atoms with Crippen molar-refractivity contribution in [3.05, 3.63) is 61.8 Å². The molecule has 5 nitrogen and oxygen atoms in total. The third-order valence-electron chi connectivity index (χ3n) is 4.94. The van der Waals surface area contributed by atoms with Crippen LogP contribution < -0.4 is 10.1 Å². The zero-order valence-electron chi connectivity index (χ0n) is 13.5. The van der Waals surface area contributed by atoms with Gasteiger partial charge in [0.1, 0.15) is 5.75 Å². The summed E-state index contributed by atoms with van der Waals surface area (Å²) in [6.07, 6.45) is 5.18. The van der Waals surface area contributed by atoms with Crippen molar-refractivity contribution in [3.63, 3.8) is 0 Å². The van der Waals surface area contributed by atoms with Crippen LogP contribution in [-0.4, -0.2) is 12.0 Å². The number of nitrogens with one attached hydrogen (secondary N) is 1. The molecule has 0 amide bonds. The average Bonchev–Trinajstić information content (AvgIpc) is 3.21. The molecule has 2 aliphatic rings. The van der Waals surface area contributed by atoms with E-state index in [1.165, 1.54) is 9.75 Å². The second-order valence-corrected chi connectivity index (χ2v) is 7.58. The van der Waals surface area contributed by atoms with Gasteiger partial charge in [-0.3, -0.25) is 10.1 Å². The number of thiophene rings is 1. The van der Waals surface area contributed by atoms with Gasteiger partial charge in [-0.05, 0) is 37.5 Å². The Balaban J connectivity index is 1.89. The monoisotopic (exact) mass is 342 g/mol. The fourth-order valence-electron chi connectivity index (χ4n) is 3.89. The van der Waals surface area contributed by atoms with Gasteiger partial charge in [-0.2, -0.15) is 0 Å². The van der Waals surface area contributed by atoms with E-state index in [9.17, 15) is 10.1 Å². The molecule has 1 aromatic carbocycles. The van der Waals surface area contributed by atoms with Crippen LogP contribution in [0.2, 0.25) is 0 Å². The van der Waals surface area contributed by atoms with Crippen LogP contribution in [0.15, 0.2) is 36.4 Å². The average molecular weight is 342 g/mol. The SMILES string of the molecule is COc1ccc([N+](=O)[O-])c2c1NC(c1ccc(C)s1)C1CC=CC21. The Bertz CT molecular complexity index is 843. The summed E-state index contributed by atoms with van der Waals surface area (Å²) in [4.78, 5) is 13.8. The summed E-state index contributed by atoms with van der Waals surface area (Å²) in [5, 5.41) is 15.1. The van der Waals surface area contributed by atoms with Crippen LogP contribution in [0.3, 0.4) is 0 Å². The largest absolute Gasteiger partial charge is 0.495 e. The molecular formula is C18H18N2O3S. The zero-order chi connectivity index (χ0) is 16.8. The van der Waals surface area contributed by atoms with Gasteiger partial charge in [-0.15, -0.1) is 11.3 Å². The predicted molar refractivity (Wildman–Crippen MR) is 95.1 cm³/mol. The molecule has 0 bridgehead atoms. The highest BCUT2D eigenvalue weighted by molar-refractivity contribution is 7.12. The van der Waals surface area contributed by atoms with Crippen molar-refractivity contribution in [1.29, 1.82) is 0 Å². The van der Waals surface area contributed by atoms with Crippen LogP contribution in [-0.2, 0) is 0 Å². The lowest BCUT2D eigenvalue weighted by Crippen LogP contribution is -2.29. The number of nitrogens with zero attached hydrogens (tertiary/aromatic N) is 1. The van der Waals surface area contributed by atoms with Crippen molar-refractivity contribution in [2.24, 2.45) is 5.92 Å². The van der Waals surface area contributed by atoms with E-state index < -0.39 is 0 Å². The molecule has 1 aromatic heterocycles. The highest BCUT2D eigenvalue weighted by atomic mass is 32.1. The standard InChI is InChI=1S/C18H18N2O3S/c1-10-6-9-15(24-10)17-12-5-3-4-11(12)16-13(20(21)22)7-8-14(23-2)18(16)19-17/h3-4,6-9,11-12,17,19H,5H2,1-2H3. The molecule has 0 saturated carbocycles. The topological polar surface area (TPSA) is 64.4 Å². The number of hydrogen-bond donors (Lipinski definition) is 1. The number of allylic oxidation sites excluding steroid dienone is 2. The number of methoxy groups -OCH3 is 1. The van der Waals surface area contributed by atoms with Crippen LogP contribution in [0.5, 0.6) is 5.75 Å². The molecule has 0 radical (unpaired) electrons. The normalized spacial score (nSPS) is 24.2. The first-order valence-electron chi connectivity index (χ1n) is 7.95. The van der Waals surface area contributed by atoms with Crippen LogP contribution >= 0.6 is 11.3 Å². The number of nitro groups is 1. The van der Waals surface area contributed by atoms with Gasteiger partial charge in [0.15, 0.2) is 0 Å². The van der Waals surface area contributed by atoms with Crippen molar-refractivity contribution in [1.82, 2.24) is 0 Å². The van der Waals surface area contributed by atoms with Crippen LogP contribution in [0.4, 0.5) is 11.4 Å². The lowest BCUT2D eigenvalue weighted by Gasteiger charge is -2.37. The van der Waals surface area contributed by atoms with Gasteiger partial charge in [0.2, 0.25) is 0 Å². The number of hydrogen-bond acceptors (Lipinski definition) is 5. The van der Waals surface area contributed by atoms with E-state index >= 15 is 0 Å². The van der Waals surface area contributed by atoms with E-state index in [1.54, 1.807) is 30.6 Å². The van der Waals surface area contributed by atoms with Crippen molar-refractivity contribution in [2.75, 3.05) is 12.4 Å². The summed E-state index contributed by atoms with van der Waals surface area (Å²) >= 11 is 1.78. The van der Waals surface area contributed by atoms with Gasteiger partial charge in [-0.25, -0.2) is 0 Å². The molecule has 0 fully saturated rings. The Hall–Kier alpha value is -2.34. The number of rotatable bonds is 3. The summed E-state index contributed by atoms with van der Waals surface area (Å²) < 4.78 is 5.48. The molecule has 1 aliphatic heterocycles. The smallest absolute Gasteiger partial charge is 0.275 e. The van der Waals surface area contributed by atoms with Gasteiger partial charge in [0.25, 0.3) is 5.69 Å². The molecule has 6 heteroatoms. The molecule has 2 aromatic rings. The van der Waals surface area contributed by atoms with E-state index in [0.717, 1.165) is 17.7 Å². The van der Waals surface area contributed by atoms with Crippen LogP contribution in [0, 0.1) is 23.0 Å². The Morgan fingerprint density at radius 1 is 1.33 bits per heavy atom. The predicted octanol–water partition coefficient (Wildman–Crippen LogP) is 4.80. The van der Waals surface area contributed by atoms with Gasteiger partial charge in [0.05, 0.1) is 29.3 Å². The Kier molecular flexibility index (Phi) is 3.57. The van der Waals surface area contributed by atoms with Crippen LogP contribution in [0.25, 0.3) is 0 Å². The minimum Gasteiger partial charge on any atom is -0.495 e. The highest BCUT2D eigenvalue weighted by Gasteiger charge is 2.43. The maximum Gasteiger partial charge on any atom is 0.275 e. The van der Waals surface area contributed by atoms with E-state index in [4.69, 9.17) is 4.74 Å². The quantitative estimate of drug-likeness (QED) is 0.494. The summed E-state index contributed by atoms with van der Waals surface area (Å²) in [5.74, 6) is 0.998. The summed E-state index contributed by atoms with van der Waals surface area (Å²) in [5.41, 5.74) is 1.68. The van der Waals surface area contributed by atoms with Crippen molar-refractivity contribution in [3.8, 4) is 5.75 Å². The lowest BCUT2D eigenvalue weighted by atomic mass is 9.78. The molecule has 124 valence electrons. The summed E-state index contributed by atoms with van der Waals surface area (Å²) in [6, 6.07) is 7.66. The fourth-order valence-corrected chi connectivity index (χ4v) is 4.90. The first-order valence-corrected chi connectivity index (χ1v) is 8.76. The molecule has 2 heterocycles. The summed E-state index contributed by atoms with van der Waals surface area (Å²) in [7, 11) is 1.60. The highest BCUT2D eigenvalue weighted by Crippen LogP contribution is 2.55. The molecule has 3 atom stereocenters. The second-order valence-electron chi connectivity index (χ2n) is 6.26. The van der Waals surface area contributed by atoms with Gasteiger partial charge < -0.3 is 10.1 Å². The number of benzene rings is 1. The van der Waals surface area contributed by atoms with E-state index in [0.29, 0.717) is 11.7 Å². The third kappa shape index (κ3) is 2.21. The molecule has 0 saturated heterocycles. The first kappa shape index (κ1) is 15.2. The van der Waals surface area contributed by atoms with Crippen molar-refractivity contribution >= 4 is 22.7 Å². The maximum absolute atomic E-state index is 11.5. The van der Waals surface area contributed by atoms with Gasteiger partial charge >= 0.3 is 0 Å². The molecule has 4 rings (SSSR count). The van der Waals surface area contributed by atoms with E-state index in [2.05, 4.69) is 36.5 Å². The second kappa shape index (κ2) is 5.63. The number of aryl methyl sites for hydroxylation is 1. The number of nitro benzene ring substituents is 1. The van der Waals surface area contributed by atoms with E-state index in [1.807, 2.05) is 0 Å². The molecule has 1 N–H and O–H groups in total.